The summed E-state index contributed by atoms with van der Waals surface area (Å²) in [6.45, 7) is 9.16. The van der Waals surface area contributed by atoms with E-state index in [0.717, 1.165) is 24.3 Å². The Balaban J connectivity index is 2.82. The highest BCUT2D eigenvalue weighted by Gasteiger charge is 2.18. The van der Waals surface area contributed by atoms with E-state index in [2.05, 4.69) is 16.8 Å². The highest BCUT2D eigenvalue weighted by molar-refractivity contribution is 5.45. The minimum absolute atomic E-state index is 0.00316. The monoisotopic (exact) mass is 251 g/mol. The Bertz CT molecular complexity index is 356. The molecule has 0 saturated heterocycles. The number of pyridine rings is 1. The minimum Gasteiger partial charge on any atom is -0.389 e. The van der Waals surface area contributed by atoms with Crippen molar-refractivity contribution in [3.8, 4) is 0 Å². The van der Waals surface area contributed by atoms with Crippen LogP contribution in [-0.4, -0.2) is 28.8 Å². The van der Waals surface area contributed by atoms with Crippen molar-refractivity contribution in [2.75, 3.05) is 18.0 Å². The predicted octanol–water partition coefficient (Wildman–Crippen LogP) is 2.09. The molecule has 3 N–H and O–H groups in total. The van der Waals surface area contributed by atoms with Gasteiger partial charge in [0.15, 0.2) is 0 Å². The van der Waals surface area contributed by atoms with Gasteiger partial charge in [-0.15, -0.1) is 0 Å². The number of nitrogens with two attached hydrogens (primary N) is 1. The predicted molar refractivity (Wildman–Crippen MR) is 75.6 cm³/mol. The quantitative estimate of drug-likeness (QED) is 0.812. The Morgan fingerprint density at radius 2 is 2.06 bits per heavy atom. The van der Waals surface area contributed by atoms with Crippen LogP contribution >= 0.6 is 0 Å². The summed E-state index contributed by atoms with van der Waals surface area (Å²) in [5, 5.41) is 9.88. The van der Waals surface area contributed by atoms with Gasteiger partial charge < -0.3 is 15.7 Å². The zero-order valence-corrected chi connectivity index (χ0v) is 11.8. The van der Waals surface area contributed by atoms with Gasteiger partial charge in [-0.05, 0) is 39.3 Å². The number of aliphatic hydroxyl groups is 1. The molecule has 0 spiro atoms. The van der Waals surface area contributed by atoms with Gasteiger partial charge in [-0.3, -0.25) is 4.98 Å². The first-order valence-electron chi connectivity index (χ1n) is 6.56. The van der Waals surface area contributed by atoms with Crippen LogP contribution in [0.1, 0.15) is 45.9 Å². The van der Waals surface area contributed by atoms with Gasteiger partial charge in [0, 0.05) is 19.1 Å². The molecule has 4 nitrogen and oxygen atoms in total. The topological polar surface area (TPSA) is 62.4 Å². The van der Waals surface area contributed by atoms with Gasteiger partial charge in [-0.2, -0.15) is 0 Å². The summed E-state index contributed by atoms with van der Waals surface area (Å²) in [6, 6.07) is 3.99. The van der Waals surface area contributed by atoms with Crippen molar-refractivity contribution >= 4 is 5.69 Å². The fourth-order valence-corrected chi connectivity index (χ4v) is 1.87. The van der Waals surface area contributed by atoms with Crippen molar-refractivity contribution < 1.29 is 5.11 Å². The Labute approximate surface area is 110 Å². The van der Waals surface area contributed by atoms with Crippen LogP contribution in [0.4, 0.5) is 5.69 Å². The molecule has 0 amide bonds. The third kappa shape index (κ3) is 4.27. The van der Waals surface area contributed by atoms with E-state index in [0.29, 0.717) is 6.54 Å². The van der Waals surface area contributed by atoms with E-state index in [1.807, 2.05) is 39.1 Å². The van der Waals surface area contributed by atoms with Gasteiger partial charge in [-0.25, -0.2) is 0 Å². The molecule has 18 heavy (non-hydrogen) atoms. The molecule has 0 radical (unpaired) electrons. The number of rotatable bonds is 6. The van der Waals surface area contributed by atoms with E-state index in [1.54, 1.807) is 0 Å². The minimum atomic E-state index is -0.714. The molecule has 0 unspecified atom stereocenters. The summed E-state index contributed by atoms with van der Waals surface area (Å²) in [5.74, 6) is 0. The molecular formula is C14H25N3O. The van der Waals surface area contributed by atoms with E-state index in [9.17, 15) is 5.11 Å². The number of anilines is 1. The molecule has 1 atom stereocenters. The van der Waals surface area contributed by atoms with Crippen LogP contribution in [0.5, 0.6) is 0 Å². The summed E-state index contributed by atoms with van der Waals surface area (Å²) >= 11 is 0. The maximum atomic E-state index is 9.88. The van der Waals surface area contributed by atoms with Gasteiger partial charge in [0.1, 0.15) is 0 Å². The van der Waals surface area contributed by atoms with Crippen molar-refractivity contribution in [1.82, 2.24) is 4.98 Å². The third-order valence-corrected chi connectivity index (χ3v) is 2.92. The van der Waals surface area contributed by atoms with Gasteiger partial charge >= 0.3 is 0 Å². The lowest BCUT2D eigenvalue weighted by Crippen LogP contribution is -2.38. The second-order valence-corrected chi connectivity index (χ2v) is 5.28. The molecule has 0 aromatic carbocycles. The summed E-state index contributed by atoms with van der Waals surface area (Å²) in [6.07, 6.45) is 2.72. The van der Waals surface area contributed by atoms with Crippen LogP contribution in [0, 0.1) is 0 Å². The zero-order chi connectivity index (χ0) is 13.8. The molecule has 0 saturated carbocycles. The normalized spacial score (nSPS) is 13.4. The lowest BCUT2D eigenvalue weighted by Gasteiger charge is -2.29. The average molecular weight is 251 g/mol. The van der Waals surface area contributed by atoms with E-state index < -0.39 is 5.60 Å². The van der Waals surface area contributed by atoms with Crippen molar-refractivity contribution in [3.05, 3.63) is 24.0 Å². The molecule has 4 heteroatoms. The number of aromatic nitrogens is 1. The maximum absolute atomic E-state index is 9.88. The zero-order valence-electron chi connectivity index (χ0n) is 11.8. The van der Waals surface area contributed by atoms with E-state index in [1.165, 1.54) is 0 Å². The van der Waals surface area contributed by atoms with Crippen LogP contribution in [-0.2, 0) is 0 Å². The van der Waals surface area contributed by atoms with Gasteiger partial charge in [0.2, 0.25) is 0 Å². The second-order valence-electron chi connectivity index (χ2n) is 5.28. The molecule has 0 bridgehead atoms. The number of nitrogens with zero attached hydrogens (tertiary/aromatic N) is 2. The summed E-state index contributed by atoms with van der Waals surface area (Å²) in [7, 11) is 0. The maximum Gasteiger partial charge on any atom is 0.0765 e. The first-order chi connectivity index (χ1) is 8.37. The fraction of sp³-hybridized carbons (Fsp3) is 0.643. The van der Waals surface area contributed by atoms with Crippen molar-refractivity contribution in [3.63, 3.8) is 0 Å². The van der Waals surface area contributed by atoms with Crippen molar-refractivity contribution in [2.45, 2.75) is 45.8 Å². The summed E-state index contributed by atoms with van der Waals surface area (Å²) in [5.41, 5.74) is 7.16. The molecule has 1 rings (SSSR count). The van der Waals surface area contributed by atoms with Gasteiger partial charge in [0.25, 0.3) is 0 Å². The molecule has 0 fully saturated rings. The number of hydrogen-bond acceptors (Lipinski definition) is 4. The lowest BCUT2D eigenvalue weighted by atomic mass is 10.1. The summed E-state index contributed by atoms with van der Waals surface area (Å²) < 4.78 is 0. The smallest absolute Gasteiger partial charge is 0.0765 e. The fourth-order valence-electron chi connectivity index (χ4n) is 1.87. The van der Waals surface area contributed by atoms with Crippen LogP contribution in [0.15, 0.2) is 18.3 Å². The van der Waals surface area contributed by atoms with Crippen LogP contribution in [0.25, 0.3) is 0 Å². The number of likely N-dealkylation sites (N-methyl/N-ethyl adjacent to an activating group) is 1. The van der Waals surface area contributed by atoms with Gasteiger partial charge in [-0.1, -0.05) is 6.92 Å². The molecule has 1 heterocycles. The van der Waals surface area contributed by atoms with Crippen LogP contribution in [0.2, 0.25) is 0 Å². The third-order valence-electron chi connectivity index (χ3n) is 2.92. The molecule has 0 aliphatic carbocycles. The molecule has 1 aromatic heterocycles. The molecular weight excluding hydrogens is 226 g/mol. The molecule has 1 aromatic rings. The SMILES string of the molecule is CC[C@H](N)c1ccc(N(CC)CC(C)(C)O)cn1. The average Bonchev–Trinajstić information content (AvgIpc) is 2.34. The molecule has 102 valence electrons. The standard InChI is InChI=1S/C14H25N3O/c1-5-12(15)13-8-7-11(9-16-13)17(6-2)10-14(3,4)18/h7-9,12,18H,5-6,10,15H2,1-4H3/t12-/m0/s1. The first-order valence-corrected chi connectivity index (χ1v) is 6.56. The van der Waals surface area contributed by atoms with Crippen LogP contribution < -0.4 is 10.6 Å². The number of hydrogen-bond donors (Lipinski definition) is 2. The van der Waals surface area contributed by atoms with Crippen molar-refractivity contribution in [2.24, 2.45) is 5.73 Å². The van der Waals surface area contributed by atoms with Gasteiger partial charge in [0.05, 0.1) is 23.2 Å². The first kappa shape index (κ1) is 14.9. The van der Waals surface area contributed by atoms with Crippen LogP contribution in [0.3, 0.4) is 0 Å². The Kier molecular flexibility index (Phi) is 5.11. The van der Waals surface area contributed by atoms with E-state index in [4.69, 9.17) is 5.73 Å². The highest BCUT2D eigenvalue weighted by Crippen LogP contribution is 2.18. The lowest BCUT2D eigenvalue weighted by molar-refractivity contribution is 0.0876. The summed E-state index contributed by atoms with van der Waals surface area (Å²) in [4.78, 5) is 6.51. The molecule has 0 aliphatic heterocycles. The Morgan fingerprint density at radius 1 is 1.39 bits per heavy atom. The Morgan fingerprint density at radius 3 is 2.44 bits per heavy atom. The van der Waals surface area contributed by atoms with Crippen molar-refractivity contribution in [1.29, 1.82) is 0 Å². The Hall–Kier alpha value is -1.13. The highest BCUT2D eigenvalue weighted by atomic mass is 16.3. The van der Waals surface area contributed by atoms with E-state index in [-0.39, 0.29) is 6.04 Å². The molecule has 0 aliphatic rings. The second kappa shape index (κ2) is 6.16. The van der Waals surface area contributed by atoms with E-state index >= 15 is 0 Å². The largest absolute Gasteiger partial charge is 0.389 e.